The van der Waals surface area contributed by atoms with E-state index >= 15 is 0 Å². The minimum Gasteiger partial charge on any atom is -0.369 e. The van der Waals surface area contributed by atoms with Gasteiger partial charge in [0, 0.05) is 38.4 Å². The first-order chi connectivity index (χ1) is 12.8. The average molecular weight is 346 g/mol. The van der Waals surface area contributed by atoms with E-state index in [1.54, 1.807) is 0 Å². The fraction of sp³-hybridized carbons (Fsp3) is 0.217. The van der Waals surface area contributed by atoms with E-state index in [0.717, 1.165) is 38.4 Å². The van der Waals surface area contributed by atoms with Gasteiger partial charge < -0.3 is 4.90 Å². The van der Waals surface area contributed by atoms with Crippen LogP contribution in [0.1, 0.15) is 5.56 Å². The van der Waals surface area contributed by atoms with E-state index in [9.17, 15) is 4.39 Å². The van der Waals surface area contributed by atoms with Crippen LogP contribution in [0.25, 0.3) is 11.1 Å². The summed E-state index contributed by atoms with van der Waals surface area (Å²) in [7, 11) is 0. The van der Waals surface area contributed by atoms with Gasteiger partial charge in [-0.25, -0.2) is 4.39 Å². The summed E-state index contributed by atoms with van der Waals surface area (Å²) in [6.45, 7) is 4.99. The highest BCUT2D eigenvalue weighted by Gasteiger charge is 2.17. The van der Waals surface area contributed by atoms with Gasteiger partial charge >= 0.3 is 0 Å². The third kappa shape index (κ3) is 3.94. The zero-order valence-corrected chi connectivity index (χ0v) is 14.8. The molecule has 3 aromatic rings. The highest BCUT2D eigenvalue weighted by atomic mass is 19.1. The van der Waals surface area contributed by atoms with Crippen LogP contribution in [0.2, 0.25) is 0 Å². The Kier molecular flexibility index (Phi) is 4.98. The number of hydrogen-bond donors (Lipinski definition) is 0. The van der Waals surface area contributed by atoms with Crippen molar-refractivity contribution in [1.82, 2.24) is 4.90 Å². The molecular formula is C23H23FN2. The quantitative estimate of drug-likeness (QED) is 0.668. The van der Waals surface area contributed by atoms with Crippen LogP contribution in [-0.2, 0) is 6.54 Å². The van der Waals surface area contributed by atoms with Crippen molar-refractivity contribution in [1.29, 1.82) is 0 Å². The van der Waals surface area contributed by atoms with E-state index in [4.69, 9.17) is 0 Å². The van der Waals surface area contributed by atoms with Crippen LogP contribution in [0, 0.1) is 5.82 Å². The molecule has 2 nitrogen and oxygen atoms in total. The van der Waals surface area contributed by atoms with Crippen molar-refractivity contribution in [3.8, 4) is 11.1 Å². The molecule has 1 heterocycles. The number of hydrogen-bond acceptors (Lipinski definition) is 2. The van der Waals surface area contributed by atoms with Crippen molar-refractivity contribution in [3.63, 3.8) is 0 Å². The van der Waals surface area contributed by atoms with Crippen molar-refractivity contribution in [3.05, 3.63) is 90.2 Å². The average Bonchev–Trinajstić information content (AvgIpc) is 2.71. The maximum atomic E-state index is 13.1. The molecule has 0 spiro atoms. The monoisotopic (exact) mass is 346 g/mol. The second-order valence-corrected chi connectivity index (χ2v) is 6.80. The lowest BCUT2D eigenvalue weighted by molar-refractivity contribution is 0.250. The lowest BCUT2D eigenvalue weighted by Crippen LogP contribution is -2.45. The van der Waals surface area contributed by atoms with Crippen LogP contribution in [0.15, 0.2) is 78.9 Å². The normalized spacial score (nSPS) is 15.2. The summed E-state index contributed by atoms with van der Waals surface area (Å²) in [5.41, 5.74) is 4.97. The second kappa shape index (κ2) is 7.71. The number of rotatable bonds is 4. The molecule has 3 heteroatoms. The largest absolute Gasteiger partial charge is 0.369 e. The summed E-state index contributed by atoms with van der Waals surface area (Å²) in [5, 5.41) is 0. The van der Waals surface area contributed by atoms with Crippen molar-refractivity contribution in [2.45, 2.75) is 6.54 Å². The topological polar surface area (TPSA) is 6.48 Å². The number of nitrogens with zero attached hydrogens (tertiary/aromatic N) is 2. The predicted octanol–water partition coefficient (Wildman–Crippen LogP) is 4.81. The maximum Gasteiger partial charge on any atom is 0.123 e. The molecule has 1 aliphatic heterocycles. The standard InChI is InChI=1S/C23H23FN2/c24-22-10-12-23(13-11-22)26-16-14-25(15-17-26)18-19-6-8-21(9-7-19)20-4-2-1-3-5-20/h1-13H,14-18H2. The molecule has 1 aliphatic rings. The van der Waals surface area contributed by atoms with Gasteiger partial charge in [0.2, 0.25) is 0 Å². The van der Waals surface area contributed by atoms with E-state index in [0.29, 0.717) is 0 Å². The molecule has 132 valence electrons. The van der Waals surface area contributed by atoms with E-state index in [1.807, 2.05) is 18.2 Å². The first kappa shape index (κ1) is 16.8. The van der Waals surface area contributed by atoms with Crippen LogP contribution in [0.5, 0.6) is 0 Å². The zero-order chi connectivity index (χ0) is 17.8. The molecule has 0 atom stereocenters. The number of piperazine rings is 1. The molecule has 0 bridgehead atoms. The van der Waals surface area contributed by atoms with E-state index in [-0.39, 0.29) is 5.82 Å². The Balaban J connectivity index is 1.33. The Labute approximate surface area is 154 Å². The number of anilines is 1. The summed E-state index contributed by atoms with van der Waals surface area (Å²) >= 11 is 0. The van der Waals surface area contributed by atoms with Crippen LogP contribution in [0.4, 0.5) is 10.1 Å². The van der Waals surface area contributed by atoms with E-state index in [1.165, 1.54) is 28.8 Å². The van der Waals surface area contributed by atoms with Gasteiger partial charge in [-0.15, -0.1) is 0 Å². The van der Waals surface area contributed by atoms with Crippen LogP contribution >= 0.6 is 0 Å². The van der Waals surface area contributed by atoms with Crippen LogP contribution in [-0.4, -0.2) is 31.1 Å². The molecule has 26 heavy (non-hydrogen) atoms. The minimum atomic E-state index is -0.175. The Hall–Kier alpha value is -2.65. The molecular weight excluding hydrogens is 323 g/mol. The lowest BCUT2D eigenvalue weighted by Gasteiger charge is -2.36. The zero-order valence-electron chi connectivity index (χ0n) is 14.8. The molecule has 0 aliphatic carbocycles. The number of halogens is 1. The van der Waals surface area contributed by atoms with Crippen molar-refractivity contribution in [2.75, 3.05) is 31.1 Å². The lowest BCUT2D eigenvalue weighted by atomic mass is 10.0. The molecule has 3 aromatic carbocycles. The van der Waals surface area contributed by atoms with Crippen molar-refractivity contribution >= 4 is 5.69 Å². The van der Waals surface area contributed by atoms with Gasteiger partial charge in [0.25, 0.3) is 0 Å². The van der Waals surface area contributed by atoms with Gasteiger partial charge in [-0.05, 0) is 41.0 Å². The Morgan fingerprint density at radius 2 is 1.27 bits per heavy atom. The molecule has 0 radical (unpaired) electrons. The van der Waals surface area contributed by atoms with Gasteiger partial charge in [-0.1, -0.05) is 54.6 Å². The Morgan fingerprint density at radius 3 is 1.92 bits per heavy atom. The molecule has 4 rings (SSSR count). The molecule has 1 fully saturated rings. The predicted molar refractivity (Wildman–Crippen MR) is 106 cm³/mol. The van der Waals surface area contributed by atoms with Crippen LogP contribution < -0.4 is 4.90 Å². The van der Waals surface area contributed by atoms with E-state index < -0.39 is 0 Å². The Morgan fingerprint density at radius 1 is 0.654 bits per heavy atom. The highest BCUT2D eigenvalue weighted by Crippen LogP contribution is 2.21. The van der Waals surface area contributed by atoms with Gasteiger partial charge in [0.15, 0.2) is 0 Å². The fourth-order valence-corrected chi connectivity index (χ4v) is 3.51. The molecule has 0 saturated carbocycles. The van der Waals surface area contributed by atoms with Gasteiger partial charge in [-0.2, -0.15) is 0 Å². The molecule has 0 aromatic heterocycles. The minimum absolute atomic E-state index is 0.175. The van der Waals surface area contributed by atoms with Crippen molar-refractivity contribution in [2.24, 2.45) is 0 Å². The second-order valence-electron chi connectivity index (χ2n) is 6.80. The molecule has 0 amide bonds. The highest BCUT2D eigenvalue weighted by molar-refractivity contribution is 5.63. The third-order valence-corrected chi connectivity index (χ3v) is 5.03. The first-order valence-electron chi connectivity index (χ1n) is 9.15. The van der Waals surface area contributed by atoms with E-state index in [2.05, 4.69) is 58.3 Å². The maximum absolute atomic E-state index is 13.1. The van der Waals surface area contributed by atoms with Gasteiger partial charge in [0.05, 0.1) is 0 Å². The summed E-state index contributed by atoms with van der Waals surface area (Å²) in [4.78, 5) is 4.81. The summed E-state index contributed by atoms with van der Waals surface area (Å²) in [6.07, 6.45) is 0. The van der Waals surface area contributed by atoms with Gasteiger partial charge in [0.1, 0.15) is 5.82 Å². The molecule has 1 saturated heterocycles. The van der Waals surface area contributed by atoms with Gasteiger partial charge in [-0.3, -0.25) is 4.90 Å². The SMILES string of the molecule is Fc1ccc(N2CCN(Cc3ccc(-c4ccccc4)cc3)CC2)cc1. The fourth-order valence-electron chi connectivity index (χ4n) is 3.51. The third-order valence-electron chi connectivity index (χ3n) is 5.03. The smallest absolute Gasteiger partial charge is 0.123 e. The molecule has 0 unspecified atom stereocenters. The first-order valence-corrected chi connectivity index (χ1v) is 9.15. The summed E-state index contributed by atoms with van der Waals surface area (Å²) in [6, 6.07) is 26.2. The summed E-state index contributed by atoms with van der Waals surface area (Å²) < 4.78 is 13.1. The Bertz CT molecular complexity index is 820. The molecule has 0 N–H and O–H groups in total. The number of benzene rings is 3. The summed E-state index contributed by atoms with van der Waals surface area (Å²) in [5.74, 6) is -0.175. The van der Waals surface area contributed by atoms with Crippen LogP contribution in [0.3, 0.4) is 0 Å². The van der Waals surface area contributed by atoms with Crippen molar-refractivity contribution < 1.29 is 4.39 Å².